The van der Waals surface area contributed by atoms with Crippen LogP contribution in [0.1, 0.15) is 40.2 Å². The summed E-state index contributed by atoms with van der Waals surface area (Å²) in [5.74, 6) is 0.119. The molecular weight excluding hydrogens is 396 g/mol. The molecule has 0 spiro atoms. The Morgan fingerprint density at radius 3 is 2.82 bits per heavy atom. The van der Waals surface area contributed by atoms with Crippen LogP contribution in [0, 0.1) is 6.92 Å². The highest BCUT2D eigenvalue weighted by atomic mass is 32.2. The third-order valence-corrected chi connectivity index (χ3v) is 6.48. The number of aromatic amines is 2. The van der Waals surface area contributed by atoms with Gasteiger partial charge in [0.05, 0.1) is 28.3 Å². The summed E-state index contributed by atoms with van der Waals surface area (Å²) in [7, 11) is 0. The second-order valence-electron chi connectivity index (χ2n) is 6.23. The van der Waals surface area contributed by atoms with Crippen molar-refractivity contribution in [3.8, 4) is 0 Å². The summed E-state index contributed by atoms with van der Waals surface area (Å²) < 4.78 is 5.08. The van der Waals surface area contributed by atoms with Crippen molar-refractivity contribution in [1.82, 2.24) is 19.9 Å². The third-order valence-electron chi connectivity index (χ3n) is 4.32. The van der Waals surface area contributed by atoms with E-state index in [1.165, 1.54) is 23.1 Å². The van der Waals surface area contributed by atoms with Gasteiger partial charge in [0.1, 0.15) is 15.5 Å². The normalized spacial score (nSPS) is 12.5. The first-order chi connectivity index (χ1) is 13.5. The van der Waals surface area contributed by atoms with Crippen molar-refractivity contribution in [2.24, 2.45) is 0 Å². The average Bonchev–Trinajstić information content (AvgIpc) is 3.22. The number of fused-ring (bicyclic) bond motifs is 2. The topological polar surface area (TPSA) is 101 Å². The monoisotopic (exact) mass is 414 g/mol. The molecule has 2 N–H and O–H groups in total. The molecule has 4 rings (SSSR count). The Hall–Kier alpha value is -2.65. The minimum Gasteiger partial charge on any atom is -0.462 e. The van der Waals surface area contributed by atoms with Crippen LogP contribution in [-0.4, -0.2) is 32.5 Å². The molecule has 1 atom stereocenters. The Morgan fingerprint density at radius 1 is 1.29 bits per heavy atom. The smallest absolute Gasteiger partial charge is 0.348 e. The molecule has 4 aromatic rings. The highest BCUT2D eigenvalue weighted by Gasteiger charge is 2.22. The third kappa shape index (κ3) is 3.31. The Kier molecular flexibility index (Phi) is 4.94. The zero-order valence-corrected chi connectivity index (χ0v) is 17.2. The predicted octanol–water partition coefficient (Wildman–Crippen LogP) is 4.20. The number of hydrogen-bond acceptors (Lipinski definition) is 7. The number of H-pyrrole nitrogens is 2. The molecule has 0 aliphatic heterocycles. The van der Waals surface area contributed by atoms with Gasteiger partial charge in [-0.3, -0.25) is 4.79 Å². The SMILES string of the molecule is CCOC(=O)c1sc2nc([C@H](C)Sc3nc4ccccc4[nH]3)[nH]c(=O)c2c1C. The first-order valence-corrected chi connectivity index (χ1v) is 10.5. The van der Waals surface area contributed by atoms with Gasteiger partial charge in [0.25, 0.3) is 5.56 Å². The molecule has 0 radical (unpaired) electrons. The number of rotatable bonds is 5. The molecule has 0 unspecified atom stereocenters. The number of hydrogen-bond donors (Lipinski definition) is 2. The molecule has 0 aliphatic rings. The maximum absolute atomic E-state index is 12.6. The fourth-order valence-electron chi connectivity index (χ4n) is 2.95. The Bertz CT molecular complexity index is 1210. The summed E-state index contributed by atoms with van der Waals surface area (Å²) in [4.78, 5) is 41.0. The number of nitrogens with one attached hydrogen (secondary N) is 2. The number of benzene rings is 1. The molecule has 9 heteroatoms. The quantitative estimate of drug-likeness (QED) is 0.375. The number of aryl methyl sites for hydroxylation is 1. The van der Waals surface area contributed by atoms with Gasteiger partial charge in [0, 0.05) is 0 Å². The van der Waals surface area contributed by atoms with Gasteiger partial charge in [-0.25, -0.2) is 14.8 Å². The molecule has 3 aromatic heterocycles. The van der Waals surface area contributed by atoms with Crippen molar-refractivity contribution in [3.63, 3.8) is 0 Å². The molecule has 28 heavy (non-hydrogen) atoms. The number of thioether (sulfide) groups is 1. The summed E-state index contributed by atoms with van der Waals surface area (Å²) in [6.45, 7) is 5.73. The highest BCUT2D eigenvalue weighted by molar-refractivity contribution is 7.99. The number of nitrogens with zero attached hydrogens (tertiary/aromatic N) is 2. The first-order valence-electron chi connectivity index (χ1n) is 8.79. The number of imidazole rings is 1. The second-order valence-corrected chi connectivity index (χ2v) is 8.56. The lowest BCUT2D eigenvalue weighted by molar-refractivity contribution is 0.0531. The molecule has 144 valence electrons. The van der Waals surface area contributed by atoms with Crippen LogP contribution in [0.4, 0.5) is 0 Å². The van der Waals surface area contributed by atoms with E-state index >= 15 is 0 Å². The van der Waals surface area contributed by atoms with Gasteiger partial charge in [-0.15, -0.1) is 11.3 Å². The van der Waals surface area contributed by atoms with Crippen molar-refractivity contribution < 1.29 is 9.53 Å². The van der Waals surface area contributed by atoms with E-state index in [1.807, 2.05) is 31.2 Å². The minimum absolute atomic E-state index is 0.133. The van der Waals surface area contributed by atoms with Gasteiger partial charge >= 0.3 is 5.97 Å². The fourth-order valence-corrected chi connectivity index (χ4v) is 4.91. The standard InChI is InChI=1S/C19H18N4O3S2/c1-4-26-18(25)14-9(2)13-16(24)22-15(23-17(13)28-14)10(3)27-19-20-11-7-5-6-8-12(11)21-19/h5-8,10H,4H2,1-3H3,(H,20,21)(H,22,23,24)/t10-/m0/s1. The van der Waals surface area contributed by atoms with Crippen LogP contribution in [0.25, 0.3) is 21.3 Å². The van der Waals surface area contributed by atoms with E-state index in [-0.39, 0.29) is 17.4 Å². The van der Waals surface area contributed by atoms with Crippen LogP contribution in [0.2, 0.25) is 0 Å². The fraction of sp³-hybridized carbons (Fsp3) is 0.263. The van der Waals surface area contributed by atoms with Crippen LogP contribution < -0.4 is 5.56 Å². The zero-order chi connectivity index (χ0) is 19.8. The molecule has 0 saturated carbocycles. The summed E-state index contributed by atoms with van der Waals surface area (Å²) in [6.07, 6.45) is 0. The van der Waals surface area contributed by atoms with Crippen LogP contribution >= 0.6 is 23.1 Å². The molecule has 0 bridgehead atoms. The van der Waals surface area contributed by atoms with Crippen molar-refractivity contribution >= 4 is 50.3 Å². The van der Waals surface area contributed by atoms with Gasteiger partial charge in [0.15, 0.2) is 5.16 Å². The summed E-state index contributed by atoms with van der Waals surface area (Å²) in [5, 5.41) is 1.06. The van der Waals surface area contributed by atoms with E-state index in [4.69, 9.17) is 4.74 Å². The van der Waals surface area contributed by atoms with Crippen molar-refractivity contribution in [1.29, 1.82) is 0 Å². The van der Waals surface area contributed by atoms with Crippen LogP contribution in [0.5, 0.6) is 0 Å². The van der Waals surface area contributed by atoms with Crippen molar-refractivity contribution in [2.45, 2.75) is 31.2 Å². The van der Waals surface area contributed by atoms with E-state index in [9.17, 15) is 9.59 Å². The number of para-hydroxylation sites is 2. The molecule has 0 amide bonds. The minimum atomic E-state index is -0.423. The molecule has 0 aliphatic carbocycles. The molecule has 7 nitrogen and oxygen atoms in total. The Balaban J connectivity index is 1.68. The molecule has 0 fully saturated rings. The van der Waals surface area contributed by atoms with Crippen molar-refractivity contribution in [3.05, 3.63) is 50.9 Å². The molecule has 1 aromatic carbocycles. The summed E-state index contributed by atoms with van der Waals surface area (Å²) in [5.41, 5.74) is 2.21. The average molecular weight is 415 g/mol. The largest absolute Gasteiger partial charge is 0.462 e. The van der Waals surface area contributed by atoms with E-state index in [1.54, 1.807) is 13.8 Å². The van der Waals surface area contributed by atoms with Crippen LogP contribution in [0.3, 0.4) is 0 Å². The van der Waals surface area contributed by atoms with Crippen LogP contribution in [0.15, 0.2) is 34.2 Å². The maximum Gasteiger partial charge on any atom is 0.348 e. The number of carbonyl (C=O) groups is 1. The molecule has 3 heterocycles. The second kappa shape index (κ2) is 7.40. The zero-order valence-electron chi connectivity index (χ0n) is 15.5. The number of ether oxygens (including phenoxy) is 1. The van der Waals surface area contributed by atoms with Gasteiger partial charge < -0.3 is 14.7 Å². The van der Waals surface area contributed by atoms with Crippen molar-refractivity contribution in [2.75, 3.05) is 6.61 Å². The van der Waals surface area contributed by atoms with Gasteiger partial charge in [-0.05, 0) is 38.5 Å². The molecule has 0 saturated heterocycles. The number of carbonyl (C=O) groups excluding carboxylic acids is 1. The number of esters is 1. The number of thiophene rings is 1. The Morgan fingerprint density at radius 2 is 2.07 bits per heavy atom. The lowest BCUT2D eigenvalue weighted by Gasteiger charge is -2.08. The van der Waals surface area contributed by atoms with E-state index in [0.29, 0.717) is 26.5 Å². The van der Waals surface area contributed by atoms with Gasteiger partial charge in [0.2, 0.25) is 0 Å². The summed E-state index contributed by atoms with van der Waals surface area (Å²) >= 11 is 2.67. The van der Waals surface area contributed by atoms with Crippen LogP contribution in [-0.2, 0) is 4.74 Å². The Labute approximate surface area is 168 Å². The van der Waals surface area contributed by atoms with E-state index in [0.717, 1.165) is 16.2 Å². The number of aromatic nitrogens is 4. The summed E-state index contributed by atoms with van der Waals surface area (Å²) in [6, 6.07) is 7.80. The van der Waals surface area contributed by atoms with E-state index in [2.05, 4.69) is 19.9 Å². The highest BCUT2D eigenvalue weighted by Crippen LogP contribution is 2.34. The maximum atomic E-state index is 12.6. The van der Waals surface area contributed by atoms with Gasteiger partial charge in [-0.2, -0.15) is 0 Å². The lowest BCUT2D eigenvalue weighted by atomic mass is 10.2. The lowest BCUT2D eigenvalue weighted by Crippen LogP contribution is -2.13. The van der Waals surface area contributed by atoms with E-state index < -0.39 is 5.97 Å². The molecular formula is C19H18N4O3S2. The predicted molar refractivity (Wildman–Crippen MR) is 111 cm³/mol. The van der Waals surface area contributed by atoms with Gasteiger partial charge in [-0.1, -0.05) is 23.9 Å². The first kappa shape index (κ1) is 18.7.